The Morgan fingerprint density at radius 1 is 1.35 bits per heavy atom. The summed E-state index contributed by atoms with van der Waals surface area (Å²) in [5.41, 5.74) is 0. The molecule has 0 saturated carbocycles. The third kappa shape index (κ3) is 5.08. The van der Waals surface area contributed by atoms with Gasteiger partial charge in [0.1, 0.15) is 0 Å². The first-order valence-corrected chi connectivity index (χ1v) is 7.74. The van der Waals surface area contributed by atoms with E-state index < -0.39 is 0 Å². The summed E-state index contributed by atoms with van der Waals surface area (Å²) in [6.07, 6.45) is 0. The Labute approximate surface area is 117 Å². The second kappa shape index (κ2) is 7.52. The molecule has 0 aliphatic carbocycles. The molecule has 0 bridgehead atoms. The van der Waals surface area contributed by atoms with E-state index in [9.17, 15) is 0 Å². The van der Waals surface area contributed by atoms with Crippen LogP contribution in [0.25, 0.3) is 0 Å². The second-order valence-electron chi connectivity index (χ2n) is 4.54. The topological polar surface area (TPSA) is 21.3 Å². The van der Waals surface area contributed by atoms with Crippen molar-refractivity contribution >= 4 is 27.3 Å². The first-order chi connectivity index (χ1) is 8.04. The number of nitrogens with one attached hydrogen (secondary N) is 1. The van der Waals surface area contributed by atoms with Crippen molar-refractivity contribution in [3.05, 3.63) is 20.8 Å². The van der Waals surface area contributed by atoms with Crippen molar-refractivity contribution in [2.45, 2.75) is 39.8 Å². The van der Waals surface area contributed by atoms with E-state index in [0.717, 1.165) is 13.2 Å². The summed E-state index contributed by atoms with van der Waals surface area (Å²) in [4.78, 5) is 1.36. The van der Waals surface area contributed by atoms with Gasteiger partial charge in [0.15, 0.2) is 0 Å². The molecule has 1 N–H and O–H groups in total. The number of thiophene rings is 1. The average Bonchev–Trinajstić information content (AvgIpc) is 2.70. The molecule has 0 aliphatic rings. The minimum atomic E-state index is 0.374. The van der Waals surface area contributed by atoms with Crippen LogP contribution in [0.2, 0.25) is 0 Å². The highest BCUT2D eigenvalue weighted by atomic mass is 79.9. The van der Waals surface area contributed by atoms with Crippen LogP contribution in [0.1, 0.15) is 38.6 Å². The molecule has 2 atom stereocenters. The summed E-state index contributed by atoms with van der Waals surface area (Å²) < 4.78 is 6.72. The molecule has 0 radical (unpaired) electrons. The minimum absolute atomic E-state index is 0.374. The van der Waals surface area contributed by atoms with E-state index >= 15 is 0 Å². The third-order valence-electron chi connectivity index (χ3n) is 2.79. The minimum Gasteiger partial charge on any atom is -0.380 e. The lowest BCUT2D eigenvalue weighted by atomic mass is 10.0. The Bertz CT molecular complexity index is 327. The Morgan fingerprint density at radius 2 is 2.06 bits per heavy atom. The van der Waals surface area contributed by atoms with Gasteiger partial charge >= 0.3 is 0 Å². The van der Waals surface area contributed by atoms with Gasteiger partial charge in [-0.05, 0) is 47.8 Å². The van der Waals surface area contributed by atoms with Gasteiger partial charge in [-0.2, -0.15) is 0 Å². The molecular weight excluding hydrogens is 298 g/mol. The van der Waals surface area contributed by atoms with Gasteiger partial charge in [0, 0.05) is 23.6 Å². The van der Waals surface area contributed by atoms with Crippen molar-refractivity contribution < 1.29 is 4.74 Å². The van der Waals surface area contributed by atoms with Gasteiger partial charge in [-0.25, -0.2) is 0 Å². The van der Waals surface area contributed by atoms with Crippen molar-refractivity contribution in [1.29, 1.82) is 0 Å². The summed E-state index contributed by atoms with van der Waals surface area (Å²) >= 11 is 5.29. The molecule has 98 valence electrons. The molecule has 17 heavy (non-hydrogen) atoms. The van der Waals surface area contributed by atoms with Crippen LogP contribution in [-0.2, 0) is 4.74 Å². The molecular formula is C13H22BrNOS. The zero-order valence-corrected chi connectivity index (χ0v) is 13.4. The van der Waals surface area contributed by atoms with E-state index in [0.29, 0.717) is 18.0 Å². The quantitative estimate of drug-likeness (QED) is 0.812. The Kier molecular flexibility index (Phi) is 6.70. The van der Waals surface area contributed by atoms with E-state index in [2.05, 4.69) is 54.2 Å². The molecule has 0 spiro atoms. The maximum Gasteiger partial charge on any atom is 0.0701 e. The van der Waals surface area contributed by atoms with Gasteiger partial charge in [0.25, 0.3) is 0 Å². The summed E-state index contributed by atoms with van der Waals surface area (Å²) in [5, 5.41) is 3.65. The highest BCUT2D eigenvalue weighted by molar-refractivity contribution is 9.11. The molecule has 0 aliphatic heterocycles. The fourth-order valence-electron chi connectivity index (χ4n) is 1.64. The predicted octanol–water partition coefficient (Wildman–Crippen LogP) is 4.22. The molecule has 1 rings (SSSR count). The summed E-state index contributed by atoms with van der Waals surface area (Å²) in [6.45, 7) is 10.3. The van der Waals surface area contributed by atoms with Crippen LogP contribution < -0.4 is 5.32 Å². The van der Waals surface area contributed by atoms with E-state index in [1.165, 1.54) is 8.66 Å². The van der Waals surface area contributed by atoms with Crippen molar-refractivity contribution in [1.82, 2.24) is 5.32 Å². The van der Waals surface area contributed by atoms with Gasteiger partial charge in [0.05, 0.1) is 10.4 Å². The number of rotatable bonds is 7. The van der Waals surface area contributed by atoms with Crippen LogP contribution in [-0.4, -0.2) is 19.3 Å². The smallest absolute Gasteiger partial charge is 0.0701 e. The number of halogens is 1. The molecule has 0 saturated heterocycles. The first-order valence-electron chi connectivity index (χ1n) is 6.13. The average molecular weight is 320 g/mol. The van der Waals surface area contributed by atoms with Crippen LogP contribution in [0.3, 0.4) is 0 Å². The second-order valence-corrected chi connectivity index (χ2v) is 7.03. The molecule has 1 heterocycles. The van der Waals surface area contributed by atoms with Gasteiger partial charge in [-0.3, -0.25) is 0 Å². The summed E-state index contributed by atoms with van der Waals surface area (Å²) in [6, 6.07) is 5.06. The van der Waals surface area contributed by atoms with Gasteiger partial charge in [0.2, 0.25) is 0 Å². The van der Waals surface area contributed by atoms with E-state index in [4.69, 9.17) is 4.74 Å². The van der Waals surface area contributed by atoms with Crippen molar-refractivity contribution in [2.24, 2.45) is 5.92 Å². The van der Waals surface area contributed by atoms with E-state index in [1.54, 1.807) is 11.3 Å². The monoisotopic (exact) mass is 319 g/mol. The SMILES string of the molecule is CCOCC(NC(C)c1ccc(Br)s1)C(C)C. The van der Waals surface area contributed by atoms with Gasteiger partial charge in [-0.15, -0.1) is 11.3 Å². The maximum atomic E-state index is 5.53. The van der Waals surface area contributed by atoms with Crippen molar-refractivity contribution in [3.8, 4) is 0 Å². The van der Waals surface area contributed by atoms with Crippen molar-refractivity contribution in [2.75, 3.05) is 13.2 Å². The number of hydrogen-bond donors (Lipinski definition) is 1. The van der Waals surface area contributed by atoms with E-state index in [1.807, 2.05) is 6.92 Å². The molecule has 0 fully saturated rings. The third-order valence-corrected chi connectivity index (χ3v) is 4.60. The fraction of sp³-hybridized carbons (Fsp3) is 0.692. The van der Waals surface area contributed by atoms with Gasteiger partial charge < -0.3 is 10.1 Å². The Hall–Kier alpha value is 0.1000. The van der Waals surface area contributed by atoms with Crippen molar-refractivity contribution in [3.63, 3.8) is 0 Å². The zero-order valence-electron chi connectivity index (χ0n) is 11.0. The normalized spacial score (nSPS) is 15.2. The van der Waals surface area contributed by atoms with Crippen LogP contribution >= 0.6 is 27.3 Å². The van der Waals surface area contributed by atoms with Gasteiger partial charge in [-0.1, -0.05) is 13.8 Å². The standard InChI is InChI=1S/C13H22BrNOS/c1-5-16-8-11(9(2)3)15-10(4)12-6-7-13(14)17-12/h6-7,9-11,15H,5,8H2,1-4H3. The highest BCUT2D eigenvalue weighted by Crippen LogP contribution is 2.27. The van der Waals surface area contributed by atoms with Crippen LogP contribution in [0, 0.1) is 5.92 Å². The largest absolute Gasteiger partial charge is 0.380 e. The molecule has 0 amide bonds. The molecule has 1 aromatic rings. The molecule has 1 aromatic heterocycles. The van der Waals surface area contributed by atoms with E-state index in [-0.39, 0.29) is 0 Å². The molecule has 2 unspecified atom stereocenters. The summed E-state index contributed by atoms with van der Waals surface area (Å²) in [5.74, 6) is 0.576. The van der Waals surface area contributed by atoms with Crippen LogP contribution in [0.15, 0.2) is 15.9 Å². The zero-order chi connectivity index (χ0) is 12.8. The first kappa shape index (κ1) is 15.2. The Morgan fingerprint density at radius 3 is 2.53 bits per heavy atom. The maximum absolute atomic E-state index is 5.53. The lowest BCUT2D eigenvalue weighted by Gasteiger charge is -2.25. The Balaban J connectivity index is 2.54. The number of ether oxygens (including phenoxy) is 1. The molecule has 2 nitrogen and oxygen atoms in total. The lowest BCUT2D eigenvalue weighted by molar-refractivity contribution is 0.104. The highest BCUT2D eigenvalue weighted by Gasteiger charge is 2.17. The van der Waals surface area contributed by atoms with Crippen LogP contribution in [0.4, 0.5) is 0 Å². The molecule has 0 aromatic carbocycles. The molecule has 4 heteroatoms. The lowest BCUT2D eigenvalue weighted by Crippen LogP contribution is -2.39. The summed E-state index contributed by atoms with van der Waals surface area (Å²) in [7, 11) is 0. The fourth-order valence-corrected chi connectivity index (χ4v) is 3.08. The van der Waals surface area contributed by atoms with Crippen LogP contribution in [0.5, 0.6) is 0 Å². The number of hydrogen-bond acceptors (Lipinski definition) is 3. The predicted molar refractivity (Wildman–Crippen MR) is 78.7 cm³/mol.